The van der Waals surface area contributed by atoms with E-state index in [4.69, 9.17) is 0 Å². The summed E-state index contributed by atoms with van der Waals surface area (Å²) < 4.78 is 2.60. The van der Waals surface area contributed by atoms with Gasteiger partial charge in [-0.25, -0.2) is 0 Å². The van der Waals surface area contributed by atoms with Crippen LogP contribution < -0.4 is 9.41 Å². The van der Waals surface area contributed by atoms with Crippen LogP contribution in [0.5, 0.6) is 0 Å². The van der Waals surface area contributed by atoms with Gasteiger partial charge < -0.3 is 9.41 Å². The van der Waals surface area contributed by atoms with Gasteiger partial charge in [0, 0.05) is 0 Å². The minimum Gasteiger partial charge on any atom is -1.00 e. The zero-order valence-corrected chi connectivity index (χ0v) is 16.1. The van der Waals surface area contributed by atoms with Crippen molar-refractivity contribution in [1.82, 2.24) is 0 Å². The van der Waals surface area contributed by atoms with E-state index in [1.54, 1.807) is 14.2 Å². The number of benzene rings is 1. The molecule has 2 aliphatic carbocycles. The zero-order chi connectivity index (χ0) is 12.5. The molecule has 2 aliphatic rings. The first-order valence-electron chi connectivity index (χ1n) is 6.36. The molecule has 104 valence electrons. The van der Waals surface area contributed by atoms with Gasteiger partial charge in [0.15, 0.2) is 0 Å². The summed E-state index contributed by atoms with van der Waals surface area (Å²) in [7, 11) is 0.0546. The van der Waals surface area contributed by atoms with Crippen molar-refractivity contribution < 1.29 is 32.3 Å². The normalized spacial score (nSPS) is 18.6. The van der Waals surface area contributed by atoms with Gasteiger partial charge in [0.05, 0.1) is 0 Å². The van der Waals surface area contributed by atoms with Crippen LogP contribution in [0.25, 0.3) is 6.08 Å². The molecule has 0 radical (unpaired) electrons. The minimum atomic E-state index is -0.745. The Balaban J connectivity index is 0.000001000. The average Bonchev–Trinajstić information content (AvgIpc) is 2.98. The van der Waals surface area contributed by atoms with Gasteiger partial charge in [-0.05, 0) is 0 Å². The summed E-state index contributed by atoms with van der Waals surface area (Å²) in [6.45, 7) is 4.81. The molecule has 4 heteroatoms. The summed E-state index contributed by atoms with van der Waals surface area (Å²) in [6.07, 6.45) is 10.7. The van der Waals surface area contributed by atoms with E-state index in [2.05, 4.69) is 61.9 Å². The van der Waals surface area contributed by atoms with E-state index in [9.17, 15) is 0 Å². The largest absolute Gasteiger partial charge is 1.00 e. The van der Waals surface area contributed by atoms with Crippen molar-refractivity contribution in [1.29, 1.82) is 0 Å². The Kier molecular flexibility index (Phi) is 6.68. The second-order valence-corrected chi connectivity index (χ2v) is 12.7. The number of hydrogen-bond donors (Lipinski definition) is 0. The molecule has 0 aromatic heterocycles. The average molecular weight is 457 g/mol. The SMILES string of the molecule is CP(C)C1=Cc2ccccc2[CH]1[Hf+2][C]1=CC=CC1.[F-].[F-]. The smallest absolute Gasteiger partial charge is 1.00 e. The summed E-state index contributed by atoms with van der Waals surface area (Å²) in [4.78, 5) is 0. The standard InChI is InChI=1S/C11H12P.C5H5.2FH.Hf/c1-12(2)11-7-9-5-3-4-6-10(9)8-11;1-2-4-5-3-1;;;/h3-8H,1-2H3;1-3H,4H2;2*1H;/q;;;;+2/p-2. The number of allylic oxidation sites excluding steroid dienone is 5. The number of fused-ring (bicyclic) bond motifs is 1. The molecule has 0 aliphatic heterocycles. The van der Waals surface area contributed by atoms with Gasteiger partial charge in [-0.15, -0.1) is 0 Å². The maximum Gasteiger partial charge on any atom is -1.00 e. The second kappa shape index (κ2) is 7.56. The number of hydrogen-bond acceptors (Lipinski definition) is 0. The van der Waals surface area contributed by atoms with E-state index < -0.39 is 22.9 Å². The van der Waals surface area contributed by atoms with Crippen LogP contribution >= 0.6 is 7.92 Å². The Bertz CT molecular complexity index is 561. The predicted molar refractivity (Wildman–Crippen MR) is 77.8 cm³/mol. The monoisotopic (exact) mass is 458 g/mol. The van der Waals surface area contributed by atoms with Crippen molar-refractivity contribution in [3.63, 3.8) is 0 Å². The van der Waals surface area contributed by atoms with E-state index >= 15 is 0 Å². The molecule has 1 aromatic carbocycles. The van der Waals surface area contributed by atoms with Crippen molar-refractivity contribution in [3.05, 3.63) is 62.3 Å². The van der Waals surface area contributed by atoms with Gasteiger partial charge >= 0.3 is 123 Å². The van der Waals surface area contributed by atoms with Crippen LogP contribution in [0.4, 0.5) is 0 Å². The Labute approximate surface area is 131 Å². The fourth-order valence-corrected chi connectivity index (χ4v) is 12.2. The van der Waals surface area contributed by atoms with Crippen molar-refractivity contribution in [2.75, 3.05) is 13.3 Å². The first kappa shape index (κ1) is 17.7. The second-order valence-electron chi connectivity index (χ2n) is 4.99. The first-order valence-corrected chi connectivity index (χ1v) is 12.5. The van der Waals surface area contributed by atoms with Gasteiger partial charge in [0.2, 0.25) is 0 Å². The quantitative estimate of drug-likeness (QED) is 0.394. The fourth-order valence-electron chi connectivity index (χ4n) is 2.59. The van der Waals surface area contributed by atoms with E-state index in [0.717, 1.165) is 3.67 Å². The molecule has 0 bridgehead atoms. The Morgan fingerprint density at radius 1 is 1.15 bits per heavy atom. The zero-order valence-electron chi connectivity index (χ0n) is 11.6. The predicted octanol–water partition coefficient (Wildman–Crippen LogP) is -1.24. The summed E-state index contributed by atoms with van der Waals surface area (Å²) in [6, 6.07) is 9.03. The molecular weight excluding hydrogens is 440 g/mol. The van der Waals surface area contributed by atoms with Gasteiger partial charge in [0.25, 0.3) is 0 Å². The van der Waals surface area contributed by atoms with Crippen molar-refractivity contribution >= 4 is 14.0 Å². The summed E-state index contributed by atoms with van der Waals surface area (Å²) >= 11 is -0.745. The van der Waals surface area contributed by atoms with Gasteiger partial charge in [-0.2, -0.15) is 0 Å². The Hall–Kier alpha value is -0.400. The Morgan fingerprint density at radius 3 is 2.55 bits per heavy atom. The fraction of sp³-hybridized carbons (Fsp3) is 0.250. The molecule has 0 N–H and O–H groups in total. The molecule has 0 nitrogen and oxygen atoms in total. The van der Waals surface area contributed by atoms with Crippen LogP contribution in [0.3, 0.4) is 0 Å². The van der Waals surface area contributed by atoms with E-state index in [0.29, 0.717) is 0 Å². The van der Waals surface area contributed by atoms with Crippen LogP contribution in [0, 0.1) is 0 Å². The van der Waals surface area contributed by atoms with Gasteiger partial charge in [-0.1, -0.05) is 0 Å². The van der Waals surface area contributed by atoms with Crippen LogP contribution in [0.1, 0.15) is 21.2 Å². The molecular formula is C16H17F2HfP. The molecule has 0 saturated carbocycles. The van der Waals surface area contributed by atoms with Gasteiger partial charge in [0.1, 0.15) is 0 Å². The number of rotatable bonds is 3. The summed E-state index contributed by atoms with van der Waals surface area (Å²) in [5.74, 6) is 0. The molecule has 0 amide bonds. The van der Waals surface area contributed by atoms with Crippen LogP contribution in [-0.2, 0) is 22.9 Å². The van der Waals surface area contributed by atoms with Crippen LogP contribution in [-0.4, -0.2) is 13.3 Å². The van der Waals surface area contributed by atoms with Crippen molar-refractivity contribution in [2.24, 2.45) is 0 Å². The Morgan fingerprint density at radius 2 is 1.90 bits per heavy atom. The molecule has 20 heavy (non-hydrogen) atoms. The van der Waals surface area contributed by atoms with Crippen molar-refractivity contribution in [3.8, 4) is 0 Å². The van der Waals surface area contributed by atoms with E-state index in [1.165, 1.54) is 12.0 Å². The molecule has 0 heterocycles. The molecule has 0 spiro atoms. The minimum absolute atomic E-state index is 0. The summed E-state index contributed by atoms with van der Waals surface area (Å²) in [5.41, 5.74) is 3.12. The van der Waals surface area contributed by atoms with E-state index in [1.807, 2.05) is 0 Å². The molecule has 1 unspecified atom stereocenters. The molecule has 1 atom stereocenters. The summed E-state index contributed by atoms with van der Waals surface area (Å²) in [5, 5.41) is 1.75. The van der Waals surface area contributed by atoms with Gasteiger partial charge in [-0.3, -0.25) is 0 Å². The number of halogens is 2. The van der Waals surface area contributed by atoms with Crippen molar-refractivity contribution in [2.45, 2.75) is 10.1 Å². The third-order valence-corrected chi connectivity index (χ3v) is 11.8. The topological polar surface area (TPSA) is 0 Å². The third kappa shape index (κ3) is 3.43. The molecule has 0 fully saturated rings. The van der Waals surface area contributed by atoms with Crippen LogP contribution in [0.15, 0.2) is 51.1 Å². The third-order valence-electron chi connectivity index (χ3n) is 3.52. The molecule has 3 rings (SSSR count). The molecule has 1 aromatic rings. The van der Waals surface area contributed by atoms with Crippen LogP contribution in [0.2, 0.25) is 0 Å². The van der Waals surface area contributed by atoms with E-state index in [-0.39, 0.29) is 17.3 Å². The maximum atomic E-state index is 2.49. The maximum absolute atomic E-state index is 2.49. The molecule has 0 saturated heterocycles. The first-order chi connectivity index (χ1) is 8.75.